The van der Waals surface area contributed by atoms with Crippen molar-refractivity contribution < 1.29 is 4.42 Å². The fraction of sp³-hybridized carbons (Fsp3) is 0.0714. The van der Waals surface area contributed by atoms with Crippen molar-refractivity contribution in [2.24, 2.45) is 0 Å². The van der Waals surface area contributed by atoms with Crippen molar-refractivity contribution in [1.29, 1.82) is 0 Å². The minimum absolute atomic E-state index is 0.863. The molecule has 0 radical (unpaired) electrons. The fourth-order valence-electron chi connectivity index (χ4n) is 1.84. The largest absolute Gasteiger partial charge is 0.471 e. The van der Waals surface area contributed by atoms with Crippen LogP contribution in [0.4, 0.5) is 0 Å². The highest BCUT2D eigenvalue weighted by atomic mass is 16.3. The highest BCUT2D eigenvalue weighted by Gasteiger charge is 2.00. The molecule has 2 aromatic heterocycles. The number of pyridine rings is 1. The van der Waals surface area contributed by atoms with Gasteiger partial charge in [-0.25, -0.2) is 0 Å². The first-order chi connectivity index (χ1) is 7.92. The monoisotopic (exact) mass is 209 g/mol. The molecular formula is C14H11NO. The van der Waals surface area contributed by atoms with Gasteiger partial charge in [-0.2, -0.15) is 0 Å². The summed E-state index contributed by atoms with van der Waals surface area (Å²) in [4.78, 5) is 4.32. The number of fused-ring (bicyclic) bond motifs is 1. The number of nitrogens with zero attached hydrogens (tertiary/aromatic N) is 1. The van der Waals surface area contributed by atoms with Crippen LogP contribution in [0.3, 0.4) is 0 Å². The number of benzene rings is 1. The molecule has 0 unspecified atom stereocenters. The van der Waals surface area contributed by atoms with Crippen LogP contribution in [0.5, 0.6) is 0 Å². The van der Waals surface area contributed by atoms with Gasteiger partial charge in [-0.3, -0.25) is 4.98 Å². The van der Waals surface area contributed by atoms with E-state index in [9.17, 15) is 0 Å². The molecule has 0 saturated heterocycles. The molecule has 16 heavy (non-hydrogen) atoms. The molecule has 78 valence electrons. The predicted octanol–water partition coefficient (Wildman–Crippen LogP) is 3.42. The van der Waals surface area contributed by atoms with Crippen LogP contribution in [0, 0.1) is 0 Å². The van der Waals surface area contributed by atoms with E-state index in [2.05, 4.69) is 23.2 Å². The summed E-state index contributed by atoms with van der Waals surface area (Å²) in [5.41, 5.74) is 2.35. The lowest BCUT2D eigenvalue weighted by Gasteiger charge is -2.00. The summed E-state index contributed by atoms with van der Waals surface area (Å²) in [6.45, 7) is 0. The molecule has 2 nitrogen and oxygen atoms in total. The molecule has 0 bridgehead atoms. The lowest BCUT2D eigenvalue weighted by molar-refractivity contribution is 0.572. The van der Waals surface area contributed by atoms with Gasteiger partial charge >= 0.3 is 0 Å². The maximum Gasteiger partial charge on any atom is 0.0981 e. The molecule has 3 aromatic rings. The van der Waals surface area contributed by atoms with Crippen LogP contribution >= 0.6 is 0 Å². The second-order valence-corrected chi connectivity index (χ2v) is 3.83. The molecule has 3 rings (SSSR count). The molecule has 0 fully saturated rings. The first kappa shape index (κ1) is 9.16. The van der Waals surface area contributed by atoms with Gasteiger partial charge in [0.1, 0.15) is 0 Å². The normalized spacial score (nSPS) is 10.8. The Labute approximate surface area is 93.5 Å². The highest BCUT2D eigenvalue weighted by molar-refractivity contribution is 5.81. The van der Waals surface area contributed by atoms with Gasteiger partial charge in [0, 0.05) is 29.1 Å². The maximum absolute atomic E-state index is 5.15. The molecule has 0 spiro atoms. The lowest BCUT2D eigenvalue weighted by atomic mass is 10.1. The van der Waals surface area contributed by atoms with Gasteiger partial charge < -0.3 is 4.42 Å². The Morgan fingerprint density at radius 3 is 2.81 bits per heavy atom. The minimum Gasteiger partial charge on any atom is -0.471 e. The third-order valence-electron chi connectivity index (χ3n) is 2.65. The quantitative estimate of drug-likeness (QED) is 0.646. The number of aromatic nitrogens is 1. The Hall–Kier alpha value is -2.09. The van der Waals surface area contributed by atoms with E-state index < -0.39 is 0 Å². The summed E-state index contributed by atoms with van der Waals surface area (Å²) in [7, 11) is 0. The van der Waals surface area contributed by atoms with Crippen molar-refractivity contribution in [3.8, 4) is 0 Å². The first-order valence-electron chi connectivity index (χ1n) is 5.26. The van der Waals surface area contributed by atoms with E-state index in [0.29, 0.717) is 0 Å². The van der Waals surface area contributed by atoms with Gasteiger partial charge in [-0.05, 0) is 23.8 Å². The van der Waals surface area contributed by atoms with E-state index in [1.54, 1.807) is 12.5 Å². The van der Waals surface area contributed by atoms with Crippen molar-refractivity contribution in [3.63, 3.8) is 0 Å². The van der Waals surface area contributed by atoms with Crippen molar-refractivity contribution in [1.82, 2.24) is 4.98 Å². The Kier molecular flexibility index (Phi) is 2.18. The molecule has 0 saturated carbocycles. The number of furan rings is 1. The second kappa shape index (κ2) is 3.81. The van der Waals surface area contributed by atoms with Crippen LogP contribution in [0.25, 0.3) is 10.8 Å². The maximum atomic E-state index is 5.15. The first-order valence-corrected chi connectivity index (χ1v) is 5.26. The van der Waals surface area contributed by atoms with Crippen LogP contribution in [0.15, 0.2) is 59.5 Å². The third-order valence-corrected chi connectivity index (χ3v) is 2.65. The lowest BCUT2D eigenvalue weighted by Crippen LogP contribution is -1.90. The molecule has 0 aliphatic carbocycles. The molecule has 0 N–H and O–H groups in total. The van der Waals surface area contributed by atoms with E-state index in [0.717, 1.165) is 22.9 Å². The zero-order valence-corrected chi connectivity index (χ0v) is 8.76. The summed E-state index contributed by atoms with van der Waals surface area (Å²) >= 11 is 0. The number of hydrogen-bond acceptors (Lipinski definition) is 2. The van der Waals surface area contributed by atoms with Gasteiger partial charge in [0.15, 0.2) is 0 Å². The minimum atomic E-state index is 0.863. The SMILES string of the molecule is c1ccc(Cc2ccc3cocc3c2)nc1. The van der Waals surface area contributed by atoms with Crippen molar-refractivity contribution in [2.75, 3.05) is 0 Å². The summed E-state index contributed by atoms with van der Waals surface area (Å²) < 4.78 is 5.15. The van der Waals surface area contributed by atoms with Gasteiger partial charge in [0.05, 0.1) is 12.5 Å². The molecule has 2 heterocycles. The van der Waals surface area contributed by atoms with E-state index in [1.807, 2.05) is 24.4 Å². The van der Waals surface area contributed by atoms with Gasteiger partial charge in [0.2, 0.25) is 0 Å². The van der Waals surface area contributed by atoms with Crippen LogP contribution in [-0.2, 0) is 6.42 Å². The zero-order valence-electron chi connectivity index (χ0n) is 8.76. The molecule has 2 heteroatoms. The van der Waals surface area contributed by atoms with E-state index >= 15 is 0 Å². The van der Waals surface area contributed by atoms with Gasteiger partial charge in [-0.15, -0.1) is 0 Å². The molecule has 0 atom stereocenters. The van der Waals surface area contributed by atoms with E-state index in [4.69, 9.17) is 4.42 Å². The Balaban J connectivity index is 1.94. The van der Waals surface area contributed by atoms with Crippen LogP contribution in [0.1, 0.15) is 11.3 Å². The van der Waals surface area contributed by atoms with E-state index in [1.165, 1.54) is 5.56 Å². The van der Waals surface area contributed by atoms with Crippen molar-refractivity contribution in [3.05, 3.63) is 66.4 Å². The average Bonchev–Trinajstić information content (AvgIpc) is 2.77. The molecule has 0 aliphatic rings. The number of rotatable bonds is 2. The fourth-order valence-corrected chi connectivity index (χ4v) is 1.84. The number of hydrogen-bond donors (Lipinski definition) is 0. The Bertz CT molecular complexity index is 598. The van der Waals surface area contributed by atoms with E-state index in [-0.39, 0.29) is 0 Å². The average molecular weight is 209 g/mol. The summed E-state index contributed by atoms with van der Waals surface area (Å²) in [5.74, 6) is 0. The summed E-state index contributed by atoms with van der Waals surface area (Å²) in [6, 6.07) is 12.3. The third kappa shape index (κ3) is 1.70. The van der Waals surface area contributed by atoms with Crippen LogP contribution < -0.4 is 0 Å². The van der Waals surface area contributed by atoms with Crippen LogP contribution in [0.2, 0.25) is 0 Å². The van der Waals surface area contributed by atoms with Crippen molar-refractivity contribution >= 4 is 10.8 Å². The molecular weight excluding hydrogens is 198 g/mol. The zero-order chi connectivity index (χ0) is 10.8. The Morgan fingerprint density at radius 1 is 1.00 bits per heavy atom. The van der Waals surface area contributed by atoms with Crippen molar-refractivity contribution in [2.45, 2.75) is 6.42 Å². The predicted molar refractivity (Wildman–Crippen MR) is 63.3 cm³/mol. The van der Waals surface area contributed by atoms with Gasteiger partial charge in [0.25, 0.3) is 0 Å². The molecule has 0 aliphatic heterocycles. The standard InChI is InChI=1S/C14H11NO/c1-2-6-15-14(3-1)8-11-4-5-12-9-16-10-13(12)7-11/h1-7,9-10H,8H2. The highest BCUT2D eigenvalue weighted by Crippen LogP contribution is 2.18. The summed E-state index contributed by atoms with van der Waals surface area (Å²) in [6.07, 6.45) is 6.23. The Morgan fingerprint density at radius 2 is 1.94 bits per heavy atom. The molecule has 1 aromatic carbocycles. The van der Waals surface area contributed by atoms with Crippen LogP contribution in [-0.4, -0.2) is 4.98 Å². The van der Waals surface area contributed by atoms with Gasteiger partial charge in [-0.1, -0.05) is 18.2 Å². The molecule has 0 amide bonds. The topological polar surface area (TPSA) is 26.0 Å². The smallest absolute Gasteiger partial charge is 0.0981 e. The second-order valence-electron chi connectivity index (χ2n) is 3.83. The summed E-state index contributed by atoms with van der Waals surface area (Å²) in [5, 5.41) is 2.29.